The Bertz CT molecular complexity index is 1330. The van der Waals surface area contributed by atoms with Crippen LogP contribution in [0.25, 0.3) is 11.1 Å². The van der Waals surface area contributed by atoms with E-state index < -0.39 is 40.4 Å². The number of hydrogen-bond donors (Lipinski definition) is 6. The van der Waals surface area contributed by atoms with E-state index in [1.165, 1.54) is 0 Å². The van der Waals surface area contributed by atoms with E-state index >= 15 is 0 Å². The number of aliphatic hydroxyl groups excluding tert-OH is 4. The third-order valence-corrected chi connectivity index (χ3v) is 5.52. The minimum Gasteiger partial charge on any atom is -0.509 e. The number of hydrogen-bond acceptors (Lipinski definition) is 6. The van der Waals surface area contributed by atoms with Crippen molar-refractivity contribution in [3.8, 4) is 23.8 Å². The molecule has 12 radical (unpaired) electrons. The molecule has 34 heavy (non-hydrogen) atoms. The monoisotopic (exact) mass is 442 g/mol. The van der Waals surface area contributed by atoms with Gasteiger partial charge in [0.1, 0.15) is 50.7 Å². The fraction of sp³-hybridized carbons (Fsp3) is 0.182. The first-order valence-corrected chi connectivity index (χ1v) is 9.75. The fourth-order valence-electron chi connectivity index (χ4n) is 3.65. The summed E-state index contributed by atoms with van der Waals surface area (Å²) in [5, 5.41) is 59.9. The predicted octanol–water partition coefficient (Wildman–Crippen LogP) is -1.35. The Labute approximate surface area is 205 Å². The molecule has 0 bridgehead atoms. The number of phenols is 2. The van der Waals surface area contributed by atoms with Crippen LogP contribution in [-0.2, 0) is 0 Å². The summed E-state index contributed by atoms with van der Waals surface area (Å²) < 4.78 is 0. The standard InChI is InChI=1S/C22H16B6O6/c1-3-11(30)20(32)19(31)10(23)6-8-4-5-9(15(25)18(28)14(24)7(2)29)13-12(8)16(26)21(33)22(34)17(13)27/h1,15,29-34H,2,4-6H2/b18-14-,19-10-,20-11-. The van der Waals surface area contributed by atoms with E-state index in [1.54, 1.807) is 5.92 Å². The van der Waals surface area contributed by atoms with Gasteiger partial charge in [-0.05, 0) is 52.4 Å². The first-order valence-electron chi connectivity index (χ1n) is 9.75. The number of fused-ring (bicyclic) bond motifs is 1. The number of rotatable bonds is 6. The van der Waals surface area contributed by atoms with E-state index in [9.17, 15) is 30.6 Å². The van der Waals surface area contributed by atoms with Gasteiger partial charge in [0, 0.05) is 0 Å². The van der Waals surface area contributed by atoms with Crippen LogP contribution >= 0.6 is 0 Å². The van der Waals surface area contributed by atoms with Gasteiger partial charge in [0.25, 0.3) is 0 Å². The molecule has 0 aliphatic heterocycles. The van der Waals surface area contributed by atoms with Gasteiger partial charge >= 0.3 is 0 Å². The zero-order chi connectivity index (χ0) is 26.1. The highest BCUT2D eigenvalue weighted by atomic mass is 16.3. The number of allylic oxidation sites excluding steroid dienone is 4. The second-order valence-corrected chi connectivity index (χ2v) is 7.59. The van der Waals surface area contributed by atoms with Crippen molar-refractivity contribution < 1.29 is 30.6 Å². The molecule has 6 N–H and O–H groups in total. The first kappa shape index (κ1) is 26.9. The lowest BCUT2D eigenvalue weighted by Crippen LogP contribution is -2.52. The second kappa shape index (κ2) is 10.3. The molecular weight excluding hydrogens is 425 g/mol. The summed E-state index contributed by atoms with van der Waals surface area (Å²) in [4.78, 5) is 0. The lowest BCUT2D eigenvalue weighted by Gasteiger charge is -2.27. The SMILES string of the molecule is [B]/C(C(=C)O)=C(\[B])C([B])C1=c2c([B])c(O)c(O)c([B])c2=C(C/C([B])=C(O)\C(O)=C(\O)C#C)CC1. The highest BCUT2D eigenvalue weighted by Crippen LogP contribution is 2.32. The van der Waals surface area contributed by atoms with E-state index in [4.69, 9.17) is 53.5 Å². The van der Waals surface area contributed by atoms with Crippen LogP contribution in [0.4, 0.5) is 0 Å². The molecule has 0 fully saturated rings. The van der Waals surface area contributed by atoms with Crippen molar-refractivity contribution in [1.82, 2.24) is 0 Å². The third kappa shape index (κ3) is 4.79. The smallest absolute Gasteiger partial charge is 0.213 e. The Balaban J connectivity index is 2.95. The zero-order valence-electron chi connectivity index (χ0n) is 18.1. The van der Waals surface area contributed by atoms with Crippen molar-refractivity contribution >= 4 is 69.1 Å². The Morgan fingerprint density at radius 2 is 1.47 bits per heavy atom. The molecule has 12 heteroatoms. The van der Waals surface area contributed by atoms with E-state index in [0.717, 1.165) is 0 Å². The van der Waals surface area contributed by atoms with Crippen LogP contribution in [0.1, 0.15) is 19.3 Å². The van der Waals surface area contributed by atoms with Gasteiger partial charge in [-0.2, -0.15) is 0 Å². The molecule has 0 aromatic heterocycles. The predicted molar refractivity (Wildman–Crippen MR) is 137 cm³/mol. The quantitative estimate of drug-likeness (QED) is 0.107. The lowest BCUT2D eigenvalue weighted by molar-refractivity contribution is 0.291. The van der Waals surface area contributed by atoms with Crippen LogP contribution in [0.2, 0.25) is 5.82 Å². The maximum atomic E-state index is 10.3. The van der Waals surface area contributed by atoms with Gasteiger partial charge in [-0.1, -0.05) is 28.7 Å². The van der Waals surface area contributed by atoms with Crippen LogP contribution in [0.3, 0.4) is 0 Å². The molecule has 0 saturated carbocycles. The van der Waals surface area contributed by atoms with Gasteiger partial charge in [0.05, 0.1) is 13.6 Å². The maximum Gasteiger partial charge on any atom is 0.213 e. The molecule has 1 aromatic rings. The van der Waals surface area contributed by atoms with Crippen molar-refractivity contribution in [2.45, 2.75) is 25.1 Å². The normalized spacial score (nSPS) is 16.4. The lowest BCUT2D eigenvalue weighted by atomic mass is 9.60. The summed E-state index contributed by atoms with van der Waals surface area (Å²) >= 11 is 0. The average Bonchev–Trinajstić information content (AvgIpc) is 2.82. The molecule has 1 atom stereocenters. The number of terminal acetylenes is 1. The van der Waals surface area contributed by atoms with Crippen LogP contribution in [0.5, 0.6) is 11.5 Å². The molecular formula is C22H16B6O6. The van der Waals surface area contributed by atoms with Crippen LogP contribution in [0, 0.1) is 12.3 Å². The van der Waals surface area contributed by atoms with Gasteiger partial charge < -0.3 is 30.6 Å². The largest absolute Gasteiger partial charge is 0.509 e. The molecule has 2 rings (SSSR count). The summed E-state index contributed by atoms with van der Waals surface area (Å²) in [6.07, 6.45) is 5.22. The Hall–Kier alpha value is -3.33. The Kier molecular flexibility index (Phi) is 8.15. The summed E-state index contributed by atoms with van der Waals surface area (Å²) in [6.45, 7) is 3.31. The van der Waals surface area contributed by atoms with Crippen molar-refractivity contribution in [2.24, 2.45) is 0 Å². The topological polar surface area (TPSA) is 121 Å². The molecule has 0 amide bonds. The van der Waals surface area contributed by atoms with Gasteiger partial charge in [0.2, 0.25) is 11.5 Å². The summed E-state index contributed by atoms with van der Waals surface area (Å²) in [5.41, 5.74) is -0.291. The van der Waals surface area contributed by atoms with Gasteiger partial charge in [-0.3, -0.25) is 0 Å². The van der Waals surface area contributed by atoms with Crippen molar-refractivity contribution in [2.75, 3.05) is 0 Å². The van der Waals surface area contributed by atoms with Crippen molar-refractivity contribution in [3.63, 3.8) is 0 Å². The van der Waals surface area contributed by atoms with Gasteiger partial charge in [0.15, 0.2) is 5.76 Å². The van der Waals surface area contributed by atoms with Gasteiger partial charge in [-0.25, -0.2) is 0 Å². The molecule has 1 aliphatic rings. The van der Waals surface area contributed by atoms with E-state index in [2.05, 4.69) is 6.58 Å². The second-order valence-electron chi connectivity index (χ2n) is 7.59. The number of benzene rings is 1. The molecule has 1 aliphatic carbocycles. The van der Waals surface area contributed by atoms with Crippen LogP contribution in [0.15, 0.2) is 46.0 Å². The molecule has 1 unspecified atom stereocenters. The average molecular weight is 441 g/mol. The fourth-order valence-corrected chi connectivity index (χ4v) is 3.65. The van der Waals surface area contributed by atoms with Gasteiger partial charge in [-0.15, -0.1) is 11.9 Å². The minimum atomic E-state index is -1.07. The molecule has 0 spiro atoms. The summed E-state index contributed by atoms with van der Waals surface area (Å²) in [5.74, 6) is -3.95. The van der Waals surface area contributed by atoms with E-state index in [-0.39, 0.29) is 57.0 Å². The zero-order valence-corrected chi connectivity index (χ0v) is 18.1. The number of phenolic OH excluding ortho intramolecular Hbond substituents is 2. The van der Waals surface area contributed by atoms with E-state index in [1.807, 2.05) is 0 Å². The highest BCUT2D eigenvalue weighted by molar-refractivity contribution is 6.41. The summed E-state index contributed by atoms with van der Waals surface area (Å²) in [6, 6.07) is 0. The van der Waals surface area contributed by atoms with Crippen LogP contribution in [-0.4, -0.2) is 77.7 Å². The molecule has 158 valence electrons. The van der Waals surface area contributed by atoms with Crippen LogP contribution < -0.4 is 21.4 Å². The molecule has 0 saturated heterocycles. The third-order valence-electron chi connectivity index (χ3n) is 5.52. The summed E-state index contributed by atoms with van der Waals surface area (Å²) in [7, 11) is 36.1. The Morgan fingerprint density at radius 1 is 0.941 bits per heavy atom. The highest BCUT2D eigenvalue weighted by Gasteiger charge is 2.24. The molecule has 6 nitrogen and oxygen atoms in total. The van der Waals surface area contributed by atoms with Crippen molar-refractivity contribution in [1.29, 1.82) is 0 Å². The van der Waals surface area contributed by atoms with E-state index in [0.29, 0.717) is 11.1 Å². The maximum absolute atomic E-state index is 10.3. The number of aromatic hydroxyl groups is 2. The minimum absolute atomic E-state index is 0.112. The molecule has 0 heterocycles. The first-order chi connectivity index (χ1) is 15.8. The Morgan fingerprint density at radius 3 is 1.97 bits per heavy atom. The van der Waals surface area contributed by atoms with Crippen molar-refractivity contribution in [3.05, 3.63) is 56.5 Å². The number of aliphatic hydroxyl groups is 4. The molecule has 1 aromatic carbocycles.